The van der Waals surface area contributed by atoms with Crippen LogP contribution in [0.15, 0.2) is 48.5 Å². The number of aryl methyl sites for hydroxylation is 2. The lowest BCUT2D eigenvalue weighted by Crippen LogP contribution is -2.37. The number of nitrogens with zero attached hydrogens (tertiary/aromatic N) is 1. The van der Waals surface area contributed by atoms with Crippen LogP contribution in [0.1, 0.15) is 25.0 Å². The number of carbonyl (C=O) groups excluding carboxylic acids is 1. The molecule has 2 aromatic rings. The summed E-state index contributed by atoms with van der Waals surface area (Å²) >= 11 is 0. The van der Waals surface area contributed by atoms with Crippen LogP contribution in [0.2, 0.25) is 0 Å². The number of anilines is 1. The Morgan fingerprint density at radius 3 is 2.39 bits per heavy atom. The molecule has 0 radical (unpaired) electrons. The molecule has 0 bridgehead atoms. The Morgan fingerprint density at radius 1 is 1.09 bits per heavy atom. The van der Waals surface area contributed by atoms with Gasteiger partial charge in [-0.15, -0.1) is 0 Å². The predicted molar refractivity (Wildman–Crippen MR) is 91.9 cm³/mol. The van der Waals surface area contributed by atoms with Crippen LogP contribution >= 0.6 is 0 Å². The van der Waals surface area contributed by atoms with E-state index >= 15 is 0 Å². The van der Waals surface area contributed by atoms with Crippen LogP contribution in [0.25, 0.3) is 0 Å². The standard InChI is InChI=1S/C19H23NO3/c1-5-20(17-8-6-7-15(3)13-17)16(4)22-19(21)23-18-11-9-14(2)10-12-18/h6-13,16H,5H2,1-4H3. The van der Waals surface area contributed by atoms with Crippen molar-refractivity contribution < 1.29 is 14.3 Å². The van der Waals surface area contributed by atoms with Crippen LogP contribution in [0.4, 0.5) is 10.5 Å². The summed E-state index contributed by atoms with van der Waals surface area (Å²) in [5.74, 6) is 0.478. The number of rotatable bonds is 5. The highest BCUT2D eigenvalue weighted by atomic mass is 16.7. The van der Waals surface area contributed by atoms with E-state index in [-0.39, 0.29) is 0 Å². The zero-order valence-electron chi connectivity index (χ0n) is 14.1. The zero-order valence-corrected chi connectivity index (χ0v) is 14.1. The average Bonchev–Trinajstić information content (AvgIpc) is 2.50. The lowest BCUT2D eigenvalue weighted by atomic mass is 10.2. The molecule has 0 fully saturated rings. The largest absolute Gasteiger partial charge is 0.515 e. The van der Waals surface area contributed by atoms with E-state index in [1.165, 1.54) is 0 Å². The first-order valence-electron chi connectivity index (χ1n) is 7.78. The van der Waals surface area contributed by atoms with E-state index in [1.54, 1.807) is 12.1 Å². The van der Waals surface area contributed by atoms with E-state index in [2.05, 4.69) is 6.07 Å². The second kappa shape index (κ2) is 7.68. The fourth-order valence-corrected chi connectivity index (χ4v) is 2.39. The second-order valence-corrected chi connectivity index (χ2v) is 5.51. The summed E-state index contributed by atoms with van der Waals surface area (Å²) in [5, 5.41) is 0. The van der Waals surface area contributed by atoms with Crippen molar-refractivity contribution in [3.8, 4) is 5.75 Å². The monoisotopic (exact) mass is 313 g/mol. The summed E-state index contributed by atoms with van der Waals surface area (Å²) in [6.45, 7) is 8.60. The molecule has 2 aromatic carbocycles. The number of hydrogen-bond acceptors (Lipinski definition) is 4. The van der Waals surface area contributed by atoms with Gasteiger partial charge < -0.3 is 14.4 Å². The van der Waals surface area contributed by atoms with Crippen LogP contribution in [0.3, 0.4) is 0 Å². The molecule has 1 unspecified atom stereocenters. The zero-order chi connectivity index (χ0) is 16.8. The predicted octanol–water partition coefficient (Wildman–Crippen LogP) is 4.69. The van der Waals surface area contributed by atoms with Gasteiger partial charge in [0.05, 0.1) is 0 Å². The molecule has 0 saturated carbocycles. The first kappa shape index (κ1) is 16.9. The Morgan fingerprint density at radius 2 is 1.78 bits per heavy atom. The molecule has 0 amide bonds. The quantitative estimate of drug-likeness (QED) is 0.456. The average molecular weight is 313 g/mol. The highest BCUT2D eigenvalue weighted by Gasteiger charge is 2.18. The van der Waals surface area contributed by atoms with Gasteiger partial charge in [-0.3, -0.25) is 0 Å². The summed E-state index contributed by atoms with van der Waals surface area (Å²) < 4.78 is 10.6. The maximum Gasteiger partial charge on any atom is 0.515 e. The molecule has 1 atom stereocenters. The number of benzene rings is 2. The van der Waals surface area contributed by atoms with Gasteiger partial charge in [0.1, 0.15) is 5.75 Å². The molecule has 0 aliphatic heterocycles. The van der Waals surface area contributed by atoms with Crippen molar-refractivity contribution in [3.05, 3.63) is 59.7 Å². The maximum absolute atomic E-state index is 12.0. The topological polar surface area (TPSA) is 38.8 Å². The molecule has 4 heteroatoms. The number of carbonyl (C=O) groups is 1. The Hall–Kier alpha value is -2.49. The van der Waals surface area contributed by atoms with E-state index in [4.69, 9.17) is 9.47 Å². The molecule has 4 nitrogen and oxygen atoms in total. The summed E-state index contributed by atoms with van der Waals surface area (Å²) in [7, 11) is 0. The molecule has 0 aromatic heterocycles. The molecule has 2 rings (SSSR count). The molecule has 0 spiro atoms. The van der Waals surface area contributed by atoms with Crippen molar-refractivity contribution in [1.82, 2.24) is 0 Å². The summed E-state index contributed by atoms with van der Waals surface area (Å²) in [5.41, 5.74) is 3.29. The number of hydrogen-bond donors (Lipinski definition) is 0. The molecule has 0 N–H and O–H groups in total. The van der Waals surface area contributed by atoms with Crippen molar-refractivity contribution in [3.63, 3.8) is 0 Å². The smallest absolute Gasteiger partial charge is 0.410 e. The van der Waals surface area contributed by atoms with Crippen molar-refractivity contribution in [2.45, 2.75) is 33.9 Å². The molecule has 122 valence electrons. The highest BCUT2D eigenvalue weighted by molar-refractivity contribution is 5.64. The van der Waals surface area contributed by atoms with E-state index < -0.39 is 12.4 Å². The first-order chi connectivity index (χ1) is 11.0. The SMILES string of the molecule is CCN(c1cccc(C)c1)C(C)OC(=O)Oc1ccc(C)cc1. The fraction of sp³-hybridized carbons (Fsp3) is 0.316. The lowest BCUT2D eigenvalue weighted by Gasteiger charge is -2.29. The van der Waals surface area contributed by atoms with Crippen molar-refractivity contribution in [2.24, 2.45) is 0 Å². The molecular formula is C19H23NO3. The summed E-state index contributed by atoms with van der Waals surface area (Å²) in [4.78, 5) is 14.0. The van der Waals surface area contributed by atoms with E-state index in [9.17, 15) is 4.79 Å². The van der Waals surface area contributed by atoms with Gasteiger partial charge in [0.2, 0.25) is 0 Å². The maximum atomic E-state index is 12.0. The van der Waals surface area contributed by atoms with Crippen molar-refractivity contribution in [2.75, 3.05) is 11.4 Å². The van der Waals surface area contributed by atoms with Gasteiger partial charge in [-0.25, -0.2) is 4.79 Å². The fourth-order valence-electron chi connectivity index (χ4n) is 2.39. The normalized spacial score (nSPS) is 11.7. The van der Waals surface area contributed by atoms with Crippen molar-refractivity contribution >= 4 is 11.8 Å². The number of ether oxygens (including phenoxy) is 2. The van der Waals surface area contributed by atoms with Gasteiger partial charge in [-0.05, 0) is 57.5 Å². The van der Waals surface area contributed by atoms with Crippen LogP contribution < -0.4 is 9.64 Å². The first-order valence-corrected chi connectivity index (χ1v) is 7.78. The van der Waals surface area contributed by atoms with Gasteiger partial charge in [0.25, 0.3) is 0 Å². The molecular weight excluding hydrogens is 290 g/mol. The highest BCUT2D eigenvalue weighted by Crippen LogP contribution is 2.19. The van der Waals surface area contributed by atoms with Crippen LogP contribution in [-0.2, 0) is 4.74 Å². The van der Waals surface area contributed by atoms with Crippen molar-refractivity contribution in [1.29, 1.82) is 0 Å². The Labute approximate surface area is 137 Å². The molecule has 0 saturated heterocycles. The summed E-state index contributed by atoms with van der Waals surface area (Å²) in [6, 6.07) is 15.4. The third-order valence-corrected chi connectivity index (χ3v) is 3.60. The van der Waals surface area contributed by atoms with Gasteiger partial charge in [0, 0.05) is 12.2 Å². The van der Waals surface area contributed by atoms with E-state index in [1.807, 2.05) is 62.9 Å². The van der Waals surface area contributed by atoms with Gasteiger partial charge in [-0.1, -0.05) is 29.8 Å². The van der Waals surface area contributed by atoms with Gasteiger partial charge >= 0.3 is 6.16 Å². The van der Waals surface area contributed by atoms with Gasteiger partial charge in [-0.2, -0.15) is 0 Å². The Balaban J connectivity index is 1.99. The minimum atomic E-state index is -0.701. The summed E-state index contributed by atoms with van der Waals surface area (Å²) in [6.07, 6.45) is -1.12. The molecule has 0 aliphatic carbocycles. The second-order valence-electron chi connectivity index (χ2n) is 5.51. The third-order valence-electron chi connectivity index (χ3n) is 3.60. The molecule has 0 aliphatic rings. The minimum Gasteiger partial charge on any atom is -0.410 e. The third kappa shape index (κ3) is 4.74. The van der Waals surface area contributed by atoms with Crippen LogP contribution in [0.5, 0.6) is 5.75 Å². The lowest BCUT2D eigenvalue weighted by molar-refractivity contribution is 0.0645. The molecule has 23 heavy (non-hydrogen) atoms. The Kier molecular flexibility index (Phi) is 5.63. The molecule has 0 heterocycles. The Bertz CT molecular complexity index is 652. The van der Waals surface area contributed by atoms with Crippen LogP contribution in [0, 0.1) is 13.8 Å². The van der Waals surface area contributed by atoms with E-state index in [0.717, 1.165) is 23.4 Å². The minimum absolute atomic E-state index is 0.417. The van der Waals surface area contributed by atoms with E-state index in [0.29, 0.717) is 5.75 Å². The van der Waals surface area contributed by atoms with Gasteiger partial charge in [0.15, 0.2) is 6.23 Å². The van der Waals surface area contributed by atoms with Crippen LogP contribution in [-0.4, -0.2) is 18.9 Å².